The topological polar surface area (TPSA) is 29.7 Å². The van der Waals surface area contributed by atoms with Crippen LogP contribution in [0.2, 0.25) is 0 Å². The Bertz CT molecular complexity index is 814. The maximum atomic E-state index is 3.98. The van der Waals surface area contributed by atoms with E-state index in [-0.39, 0.29) is 0 Å². The van der Waals surface area contributed by atoms with Gasteiger partial charge in [0.15, 0.2) is 18.9 Å². The van der Waals surface area contributed by atoms with Crippen LogP contribution >= 0.6 is 0 Å². The molecule has 1 aliphatic carbocycles. The zero-order chi connectivity index (χ0) is 18.9. The number of hydrogen-bond donors (Lipinski definition) is 0. The summed E-state index contributed by atoms with van der Waals surface area (Å²) in [5.74, 6) is 1.29. The molecule has 0 unspecified atom stereocenters. The van der Waals surface area contributed by atoms with Gasteiger partial charge in [-0.1, -0.05) is 44.0 Å². The zero-order valence-electron chi connectivity index (χ0n) is 15.6. The molecule has 2 aromatic heterocycles. The van der Waals surface area contributed by atoms with Crippen molar-refractivity contribution < 1.29 is 4.57 Å². The molecule has 0 aromatic carbocycles. The summed E-state index contributed by atoms with van der Waals surface area (Å²) in [6.07, 6.45) is 15.6. The minimum atomic E-state index is 0.467. The Kier molecular flexibility index (Phi) is 6.98. The Labute approximate surface area is 156 Å². The van der Waals surface area contributed by atoms with E-state index in [9.17, 15) is 0 Å². The molecule has 0 amide bonds. The van der Waals surface area contributed by atoms with Gasteiger partial charge >= 0.3 is 0 Å². The molecule has 3 heteroatoms. The van der Waals surface area contributed by atoms with E-state index in [1.807, 2.05) is 32.1 Å². The van der Waals surface area contributed by atoms with Crippen LogP contribution in [0, 0.1) is 12.8 Å². The molecule has 1 saturated carbocycles. The van der Waals surface area contributed by atoms with Crippen molar-refractivity contribution >= 4 is 5.57 Å². The highest BCUT2D eigenvalue weighted by atomic mass is 14.9. The standard InChI is InChI=1S/C18H20N.C5H6N2/c1-5-7-16(8-6-2)17-9-11-19(12-10-17)13-18-14(3)15(18)4;1-5-6-3-2-4-7-5/h5-12,18H,1,3-4,13H2,2H3;2-4H,1H3/q+1;/b8-6-,16-7+;. The fourth-order valence-corrected chi connectivity index (χ4v) is 2.51. The first-order valence-electron chi connectivity index (χ1n) is 8.63. The van der Waals surface area contributed by atoms with E-state index in [1.165, 1.54) is 22.3 Å². The van der Waals surface area contributed by atoms with Gasteiger partial charge < -0.3 is 0 Å². The van der Waals surface area contributed by atoms with Crippen molar-refractivity contribution in [3.05, 3.63) is 110 Å². The van der Waals surface area contributed by atoms with Crippen LogP contribution in [-0.4, -0.2) is 9.97 Å². The molecule has 0 spiro atoms. The summed E-state index contributed by atoms with van der Waals surface area (Å²) in [5.41, 5.74) is 4.75. The highest BCUT2D eigenvalue weighted by molar-refractivity contribution is 5.74. The van der Waals surface area contributed by atoms with Crippen LogP contribution in [0.15, 0.2) is 98.2 Å². The normalized spacial score (nSPS) is 14.2. The lowest BCUT2D eigenvalue weighted by atomic mass is 10.1. The molecule has 0 N–H and O–H groups in total. The molecule has 0 bridgehead atoms. The van der Waals surface area contributed by atoms with E-state index >= 15 is 0 Å². The van der Waals surface area contributed by atoms with Gasteiger partial charge in [-0.05, 0) is 42.2 Å². The molecule has 1 aliphatic rings. The van der Waals surface area contributed by atoms with Crippen LogP contribution in [0.4, 0.5) is 0 Å². The van der Waals surface area contributed by atoms with Gasteiger partial charge in [0.2, 0.25) is 0 Å². The minimum Gasteiger partial charge on any atom is -0.242 e. The Morgan fingerprint density at radius 3 is 2.19 bits per heavy atom. The molecule has 132 valence electrons. The van der Waals surface area contributed by atoms with Gasteiger partial charge in [-0.2, -0.15) is 0 Å². The van der Waals surface area contributed by atoms with Gasteiger partial charge in [0.1, 0.15) is 5.82 Å². The Balaban J connectivity index is 0.000000290. The molecule has 3 rings (SSSR count). The van der Waals surface area contributed by atoms with Gasteiger partial charge in [0, 0.05) is 24.5 Å². The summed E-state index contributed by atoms with van der Waals surface area (Å²) in [6, 6.07) is 6.06. The highest BCUT2D eigenvalue weighted by Crippen LogP contribution is 2.41. The van der Waals surface area contributed by atoms with Crippen LogP contribution < -0.4 is 4.57 Å². The number of nitrogens with zero attached hydrogens (tertiary/aromatic N) is 3. The third kappa shape index (κ3) is 5.49. The number of rotatable bonds is 5. The first-order valence-corrected chi connectivity index (χ1v) is 8.63. The molecule has 2 heterocycles. The van der Waals surface area contributed by atoms with E-state index in [1.54, 1.807) is 18.5 Å². The lowest BCUT2D eigenvalue weighted by Gasteiger charge is -2.01. The van der Waals surface area contributed by atoms with Gasteiger partial charge in [0.25, 0.3) is 0 Å². The van der Waals surface area contributed by atoms with Crippen LogP contribution in [-0.2, 0) is 6.54 Å². The summed E-state index contributed by atoms with van der Waals surface area (Å²) in [7, 11) is 0. The molecular formula is C23H26N3+. The van der Waals surface area contributed by atoms with E-state index < -0.39 is 0 Å². The first kappa shape index (κ1) is 19.3. The summed E-state index contributed by atoms with van der Waals surface area (Å²) >= 11 is 0. The Morgan fingerprint density at radius 2 is 1.77 bits per heavy atom. The highest BCUT2D eigenvalue weighted by Gasteiger charge is 2.36. The second-order valence-electron chi connectivity index (χ2n) is 6.04. The molecule has 0 radical (unpaired) electrons. The lowest BCUT2D eigenvalue weighted by Crippen LogP contribution is -2.33. The molecule has 0 atom stereocenters. The molecule has 2 aromatic rings. The van der Waals surface area contributed by atoms with E-state index in [0.717, 1.165) is 12.4 Å². The summed E-state index contributed by atoms with van der Waals surface area (Å²) in [6.45, 7) is 16.5. The van der Waals surface area contributed by atoms with Gasteiger partial charge in [-0.25, -0.2) is 14.5 Å². The second-order valence-corrected chi connectivity index (χ2v) is 6.04. The van der Waals surface area contributed by atoms with Gasteiger partial charge in [0.05, 0.1) is 5.92 Å². The molecule has 1 fully saturated rings. The van der Waals surface area contributed by atoms with Crippen LogP contribution in [0.25, 0.3) is 5.57 Å². The third-order valence-electron chi connectivity index (χ3n) is 4.13. The predicted octanol–water partition coefficient (Wildman–Crippen LogP) is 4.65. The SMILES string of the molecule is C=C/C=C(\C=C/C)c1cc[n+](CC2C(=C)C2=C)cc1.Cc1ncccn1. The summed E-state index contributed by atoms with van der Waals surface area (Å²) in [4.78, 5) is 7.74. The zero-order valence-corrected chi connectivity index (χ0v) is 15.6. The number of aromatic nitrogens is 3. The second kappa shape index (κ2) is 9.42. The third-order valence-corrected chi connectivity index (χ3v) is 4.13. The van der Waals surface area contributed by atoms with Crippen molar-refractivity contribution in [2.75, 3.05) is 0 Å². The fourth-order valence-electron chi connectivity index (χ4n) is 2.51. The average Bonchev–Trinajstić information content (AvgIpc) is 3.21. The van der Waals surface area contributed by atoms with Crippen molar-refractivity contribution in [2.24, 2.45) is 5.92 Å². The quantitative estimate of drug-likeness (QED) is 0.584. The predicted molar refractivity (Wildman–Crippen MR) is 108 cm³/mol. The van der Waals surface area contributed by atoms with Gasteiger partial charge in [-0.15, -0.1) is 0 Å². The fraction of sp³-hybridized carbons (Fsp3) is 0.174. The van der Waals surface area contributed by atoms with Crippen LogP contribution in [0.1, 0.15) is 18.3 Å². The summed E-state index contributed by atoms with van der Waals surface area (Å²) < 4.78 is 2.18. The largest absolute Gasteiger partial charge is 0.242 e. The minimum absolute atomic E-state index is 0.467. The number of aryl methyl sites for hydroxylation is 1. The number of hydrogen-bond acceptors (Lipinski definition) is 2. The van der Waals surface area contributed by atoms with Crippen molar-refractivity contribution in [3.8, 4) is 0 Å². The van der Waals surface area contributed by atoms with Crippen LogP contribution in [0.3, 0.4) is 0 Å². The molecule has 26 heavy (non-hydrogen) atoms. The smallest absolute Gasteiger partial charge is 0.169 e. The first-order chi connectivity index (χ1) is 12.6. The Hall–Kier alpha value is -3.07. The molecule has 0 aliphatic heterocycles. The average molecular weight is 344 g/mol. The van der Waals surface area contributed by atoms with E-state index in [2.05, 4.69) is 64.9 Å². The summed E-state index contributed by atoms with van der Waals surface area (Å²) in [5, 5.41) is 0. The van der Waals surface area contributed by atoms with Gasteiger partial charge in [-0.3, -0.25) is 0 Å². The monoisotopic (exact) mass is 344 g/mol. The lowest BCUT2D eigenvalue weighted by molar-refractivity contribution is -0.698. The number of pyridine rings is 1. The molecule has 3 nitrogen and oxygen atoms in total. The van der Waals surface area contributed by atoms with Crippen LogP contribution in [0.5, 0.6) is 0 Å². The maximum absolute atomic E-state index is 3.98. The van der Waals surface area contributed by atoms with Crippen molar-refractivity contribution in [1.82, 2.24) is 9.97 Å². The maximum Gasteiger partial charge on any atom is 0.169 e. The number of allylic oxidation sites excluding steroid dienone is 7. The molecule has 0 saturated heterocycles. The van der Waals surface area contributed by atoms with Crippen molar-refractivity contribution in [1.29, 1.82) is 0 Å². The van der Waals surface area contributed by atoms with Crippen molar-refractivity contribution in [2.45, 2.75) is 20.4 Å². The van der Waals surface area contributed by atoms with E-state index in [4.69, 9.17) is 0 Å². The Morgan fingerprint density at radius 1 is 1.15 bits per heavy atom. The van der Waals surface area contributed by atoms with E-state index in [0.29, 0.717) is 5.92 Å². The molecular weight excluding hydrogens is 318 g/mol. The van der Waals surface area contributed by atoms with Crippen molar-refractivity contribution in [3.63, 3.8) is 0 Å².